The smallest absolute Gasteiger partial charge is 0.170 e. The van der Waals surface area contributed by atoms with Crippen LogP contribution in [0.1, 0.15) is 35.8 Å². The Morgan fingerprint density at radius 3 is 3.10 bits per heavy atom. The van der Waals surface area contributed by atoms with Crippen LogP contribution in [0.5, 0.6) is 5.75 Å². The Kier molecular flexibility index (Phi) is 3.31. The first kappa shape index (κ1) is 13.1. The van der Waals surface area contributed by atoms with Crippen molar-refractivity contribution in [2.45, 2.75) is 37.4 Å². The molecule has 5 heteroatoms. The molecule has 21 heavy (non-hydrogen) atoms. The first-order valence-corrected chi connectivity index (χ1v) is 8.31. The molecule has 108 valence electrons. The second kappa shape index (κ2) is 5.31. The fourth-order valence-corrected chi connectivity index (χ4v) is 3.82. The van der Waals surface area contributed by atoms with Gasteiger partial charge in [-0.15, -0.1) is 11.8 Å². The first-order chi connectivity index (χ1) is 10.3. The van der Waals surface area contributed by atoms with Gasteiger partial charge >= 0.3 is 0 Å². The monoisotopic (exact) mass is 299 g/mol. The molecule has 1 unspecified atom stereocenters. The van der Waals surface area contributed by atoms with E-state index in [-0.39, 0.29) is 6.10 Å². The minimum atomic E-state index is -0.0545. The normalized spacial score (nSPS) is 19.8. The molecule has 0 saturated heterocycles. The van der Waals surface area contributed by atoms with Crippen molar-refractivity contribution < 1.29 is 4.74 Å². The zero-order chi connectivity index (χ0) is 14.2. The van der Waals surface area contributed by atoms with E-state index in [1.807, 2.05) is 30.0 Å². The molecule has 0 spiro atoms. The van der Waals surface area contributed by atoms with Crippen LogP contribution in [0, 0.1) is 0 Å². The SMILES string of the molecule is CCc1nc(C2CSc3ccccc3O2)nc2c1CNC2. The van der Waals surface area contributed by atoms with Crippen LogP contribution in [0.25, 0.3) is 0 Å². The van der Waals surface area contributed by atoms with Gasteiger partial charge in [0.25, 0.3) is 0 Å². The molecule has 2 aliphatic rings. The Hall–Kier alpha value is -1.59. The van der Waals surface area contributed by atoms with Gasteiger partial charge in [0.1, 0.15) is 5.75 Å². The Labute approximate surface area is 128 Å². The second-order valence-corrected chi connectivity index (χ2v) is 6.34. The molecule has 0 fully saturated rings. The number of aryl methyl sites for hydroxylation is 1. The van der Waals surface area contributed by atoms with Crippen LogP contribution in [0.4, 0.5) is 0 Å². The molecule has 1 aromatic heterocycles. The molecule has 0 amide bonds. The summed E-state index contributed by atoms with van der Waals surface area (Å²) in [4.78, 5) is 10.7. The van der Waals surface area contributed by atoms with Crippen molar-refractivity contribution in [3.63, 3.8) is 0 Å². The quantitative estimate of drug-likeness (QED) is 0.924. The van der Waals surface area contributed by atoms with E-state index in [4.69, 9.17) is 14.7 Å². The summed E-state index contributed by atoms with van der Waals surface area (Å²) in [5.41, 5.74) is 3.59. The highest BCUT2D eigenvalue weighted by Gasteiger charge is 2.27. The zero-order valence-corrected chi connectivity index (χ0v) is 12.7. The molecule has 1 atom stereocenters. The number of para-hydroxylation sites is 1. The van der Waals surface area contributed by atoms with E-state index in [9.17, 15) is 0 Å². The minimum Gasteiger partial charge on any atom is -0.480 e. The van der Waals surface area contributed by atoms with E-state index in [0.717, 1.165) is 48.2 Å². The molecule has 1 aromatic carbocycles. The fraction of sp³-hybridized carbons (Fsp3) is 0.375. The van der Waals surface area contributed by atoms with Crippen LogP contribution in [0.2, 0.25) is 0 Å². The van der Waals surface area contributed by atoms with Gasteiger partial charge in [-0.25, -0.2) is 9.97 Å². The van der Waals surface area contributed by atoms with Gasteiger partial charge in [0.05, 0.1) is 5.69 Å². The number of fused-ring (bicyclic) bond motifs is 2. The third-order valence-corrected chi connectivity index (χ3v) is 5.04. The van der Waals surface area contributed by atoms with Crippen molar-refractivity contribution in [3.8, 4) is 5.75 Å². The van der Waals surface area contributed by atoms with E-state index in [1.54, 1.807) is 0 Å². The Morgan fingerprint density at radius 1 is 1.29 bits per heavy atom. The number of hydrogen-bond donors (Lipinski definition) is 1. The number of nitrogens with zero attached hydrogens (tertiary/aromatic N) is 2. The summed E-state index contributed by atoms with van der Waals surface area (Å²) in [6.07, 6.45) is 0.886. The first-order valence-electron chi connectivity index (χ1n) is 7.33. The predicted octanol–water partition coefficient (Wildman–Crippen LogP) is 2.87. The summed E-state index contributed by atoms with van der Waals surface area (Å²) in [7, 11) is 0. The fourth-order valence-electron chi connectivity index (χ4n) is 2.84. The van der Waals surface area contributed by atoms with Gasteiger partial charge < -0.3 is 10.1 Å². The van der Waals surface area contributed by atoms with E-state index in [1.165, 1.54) is 10.5 Å². The molecule has 2 aromatic rings. The molecule has 0 saturated carbocycles. The van der Waals surface area contributed by atoms with Crippen LogP contribution < -0.4 is 10.1 Å². The average molecular weight is 299 g/mol. The number of hydrogen-bond acceptors (Lipinski definition) is 5. The Balaban J connectivity index is 1.69. The van der Waals surface area contributed by atoms with Crippen molar-refractivity contribution in [3.05, 3.63) is 47.0 Å². The maximum atomic E-state index is 6.11. The lowest BCUT2D eigenvalue weighted by molar-refractivity contribution is 0.209. The summed E-state index contributed by atoms with van der Waals surface area (Å²) in [5.74, 6) is 2.64. The number of rotatable bonds is 2. The Morgan fingerprint density at radius 2 is 2.19 bits per heavy atom. The van der Waals surface area contributed by atoms with Crippen LogP contribution >= 0.6 is 11.8 Å². The topological polar surface area (TPSA) is 47.0 Å². The van der Waals surface area contributed by atoms with Crippen molar-refractivity contribution in [1.82, 2.24) is 15.3 Å². The Bertz CT molecular complexity index is 689. The van der Waals surface area contributed by atoms with Crippen molar-refractivity contribution in [1.29, 1.82) is 0 Å². The van der Waals surface area contributed by atoms with Gasteiger partial charge in [-0.1, -0.05) is 19.1 Å². The van der Waals surface area contributed by atoms with E-state index in [0.29, 0.717) is 0 Å². The maximum absolute atomic E-state index is 6.11. The second-order valence-electron chi connectivity index (χ2n) is 5.28. The summed E-state index contributed by atoms with van der Waals surface area (Å²) in [5, 5.41) is 3.36. The standard InChI is InChI=1S/C16H17N3OS/c1-2-11-10-7-17-8-12(10)19-16(18-11)14-9-21-15-6-4-3-5-13(15)20-14/h3-6,14,17H,2,7-9H2,1H3. The van der Waals surface area contributed by atoms with Gasteiger partial charge in [-0.3, -0.25) is 0 Å². The average Bonchev–Trinajstić information content (AvgIpc) is 3.02. The lowest BCUT2D eigenvalue weighted by Crippen LogP contribution is -2.19. The minimum absolute atomic E-state index is 0.0545. The van der Waals surface area contributed by atoms with Crippen LogP contribution in [0.15, 0.2) is 29.2 Å². The summed E-state index contributed by atoms with van der Waals surface area (Å²) in [6, 6.07) is 8.17. The molecule has 0 aliphatic carbocycles. The number of ether oxygens (including phenoxy) is 1. The summed E-state index contributed by atoms with van der Waals surface area (Å²) in [6.45, 7) is 3.88. The molecule has 4 rings (SSSR count). The number of aromatic nitrogens is 2. The highest BCUT2D eigenvalue weighted by Crippen LogP contribution is 2.39. The number of nitrogens with one attached hydrogen (secondary N) is 1. The van der Waals surface area contributed by atoms with Crippen molar-refractivity contribution in [2.24, 2.45) is 0 Å². The van der Waals surface area contributed by atoms with E-state index < -0.39 is 0 Å². The molecule has 2 aliphatic heterocycles. The number of benzene rings is 1. The lowest BCUT2D eigenvalue weighted by atomic mass is 10.1. The summed E-state index contributed by atoms with van der Waals surface area (Å²) >= 11 is 1.82. The van der Waals surface area contributed by atoms with Crippen molar-refractivity contribution in [2.75, 3.05) is 5.75 Å². The highest BCUT2D eigenvalue weighted by atomic mass is 32.2. The van der Waals surface area contributed by atoms with Gasteiger partial charge in [-0.2, -0.15) is 0 Å². The van der Waals surface area contributed by atoms with Gasteiger partial charge in [0.15, 0.2) is 11.9 Å². The highest BCUT2D eigenvalue weighted by molar-refractivity contribution is 7.99. The van der Waals surface area contributed by atoms with E-state index >= 15 is 0 Å². The van der Waals surface area contributed by atoms with Crippen LogP contribution in [-0.4, -0.2) is 15.7 Å². The molecule has 3 heterocycles. The number of thioether (sulfide) groups is 1. The van der Waals surface area contributed by atoms with Gasteiger partial charge in [0.2, 0.25) is 0 Å². The third-order valence-electron chi connectivity index (χ3n) is 3.92. The van der Waals surface area contributed by atoms with E-state index in [2.05, 4.69) is 18.3 Å². The molecular formula is C16H17N3OS. The van der Waals surface area contributed by atoms with Gasteiger partial charge in [0, 0.05) is 35.0 Å². The van der Waals surface area contributed by atoms with Crippen LogP contribution in [-0.2, 0) is 19.5 Å². The molecule has 1 N–H and O–H groups in total. The third kappa shape index (κ3) is 2.30. The largest absolute Gasteiger partial charge is 0.480 e. The molecular weight excluding hydrogens is 282 g/mol. The van der Waals surface area contributed by atoms with Gasteiger partial charge in [-0.05, 0) is 18.6 Å². The lowest BCUT2D eigenvalue weighted by Gasteiger charge is -2.25. The van der Waals surface area contributed by atoms with Crippen LogP contribution in [0.3, 0.4) is 0 Å². The maximum Gasteiger partial charge on any atom is 0.170 e. The zero-order valence-electron chi connectivity index (χ0n) is 11.9. The molecule has 0 bridgehead atoms. The molecule has 4 nitrogen and oxygen atoms in total. The predicted molar refractivity (Wildman–Crippen MR) is 82.5 cm³/mol. The van der Waals surface area contributed by atoms with Crippen molar-refractivity contribution >= 4 is 11.8 Å². The summed E-state index contributed by atoms with van der Waals surface area (Å²) < 4.78 is 6.11. The molecule has 0 radical (unpaired) electrons.